The molecule has 2 aromatic carbocycles. The lowest BCUT2D eigenvalue weighted by atomic mass is 10.1. The highest BCUT2D eigenvalue weighted by molar-refractivity contribution is 6.05. The van der Waals surface area contributed by atoms with Gasteiger partial charge >= 0.3 is 6.03 Å². The molecule has 0 spiro atoms. The standard InChI is InChI=1S/C22H26N4O4/c1-14(2)23-22(29)25-16-8-6-15(7-9-16)21(28)24-17-10-11-19(30-3)18(13-17)26-12-4-5-20(26)27/h6-11,13-14H,4-5,12H2,1-3H3,(H,24,28)(H2,23,25,29). The van der Waals surface area contributed by atoms with Crippen LogP contribution in [0.15, 0.2) is 42.5 Å². The number of amides is 4. The Morgan fingerprint density at radius 3 is 2.33 bits per heavy atom. The van der Waals surface area contributed by atoms with E-state index >= 15 is 0 Å². The van der Waals surface area contributed by atoms with E-state index in [4.69, 9.17) is 4.74 Å². The predicted octanol–water partition coefficient (Wildman–Crippen LogP) is 3.60. The molecule has 8 nitrogen and oxygen atoms in total. The van der Waals surface area contributed by atoms with Crippen LogP contribution < -0.4 is 25.6 Å². The highest BCUT2D eigenvalue weighted by atomic mass is 16.5. The van der Waals surface area contributed by atoms with Crippen LogP contribution in [0, 0.1) is 0 Å². The van der Waals surface area contributed by atoms with Crippen LogP contribution >= 0.6 is 0 Å². The molecular weight excluding hydrogens is 384 g/mol. The Morgan fingerprint density at radius 2 is 1.73 bits per heavy atom. The number of carbonyl (C=O) groups excluding carboxylic acids is 3. The quantitative estimate of drug-likeness (QED) is 0.677. The van der Waals surface area contributed by atoms with E-state index in [9.17, 15) is 14.4 Å². The number of anilines is 3. The molecule has 30 heavy (non-hydrogen) atoms. The van der Waals surface area contributed by atoms with E-state index in [2.05, 4.69) is 16.0 Å². The molecule has 158 valence electrons. The third-order valence-corrected chi connectivity index (χ3v) is 4.63. The summed E-state index contributed by atoms with van der Waals surface area (Å²) in [4.78, 5) is 38.2. The minimum Gasteiger partial charge on any atom is -0.495 e. The first kappa shape index (κ1) is 21.2. The van der Waals surface area contributed by atoms with Crippen molar-refractivity contribution in [2.75, 3.05) is 29.2 Å². The molecule has 3 N–H and O–H groups in total. The maximum atomic E-state index is 12.6. The van der Waals surface area contributed by atoms with Crippen LogP contribution in [0.2, 0.25) is 0 Å². The third kappa shape index (κ3) is 5.08. The summed E-state index contributed by atoms with van der Waals surface area (Å²) in [5.74, 6) is 0.330. The van der Waals surface area contributed by atoms with Gasteiger partial charge in [-0.05, 0) is 62.7 Å². The molecule has 0 aliphatic carbocycles. The number of benzene rings is 2. The van der Waals surface area contributed by atoms with Gasteiger partial charge in [-0.2, -0.15) is 0 Å². The molecule has 4 amide bonds. The van der Waals surface area contributed by atoms with Crippen molar-refractivity contribution in [3.05, 3.63) is 48.0 Å². The number of urea groups is 1. The van der Waals surface area contributed by atoms with Gasteiger partial charge in [-0.1, -0.05) is 0 Å². The van der Waals surface area contributed by atoms with Crippen molar-refractivity contribution in [1.29, 1.82) is 0 Å². The molecular formula is C22H26N4O4. The van der Waals surface area contributed by atoms with Crippen LogP contribution in [0.5, 0.6) is 5.75 Å². The first-order valence-corrected chi connectivity index (χ1v) is 9.84. The number of nitrogens with zero attached hydrogens (tertiary/aromatic N) is 1. The van der Waals surface area contributed by atoms with Crippen LogP contribution in [-0.2, 0) is 4.79 Å². The van der Waals surface area contributed by atoms with Crippen molar-refractivity contribution in [3.63, 3.8) is 0 Å². The average Bonchev–Trinajstić information content (AvgIpc) is 3.13. The van der Waals surface area contributed by atoms with Gasteiger partial charge in [-0.25, -0.2) is 4.79 Å². The second-order valence-corrected chi connectivity index (χ2v) is 7.32. The van der Waals surface area contributed by atoms with Gasteiger partial charge in [-0.3, -0.25) is 9.59 Å². The van der Waals surface area contributed by atoms with Crippen LogP contribution in [0.3, 0.4) is 0 Å². The number of hydrogen-bond acceptors (Lipinski definition) is 4. The second kappa shape index (κ2) is 9.30. The first-order valence-electron chi connectivity index (χ1n) is 9.84. The van der Waals surface area contributed by atoms with Gasteiger partial charge in [0.05, 0.1) is 12.8 Å². The average molecular weight is 410 g/mol. The maximum Gasteiger partial charge on any atom is 0.319 e. The van der Waals surface area contributed by atoms with E-state index in [1.807, 2.05) is 13.8 Å². The summed E-state index contributed by atoms with van der Waals surface area (Å²) in [5.41, 5.74) is 2.24. The van der Waals surface area contributed by atoms with Crippen LogP contribution in [-0.4, -0.2) is 37.5 Å². The fraction of sp³-hybridized carbons (Fsp3) is 0.318. The Hall–Kier alpha value is -3.55. The molecule has 0 radical (unpaired) electrons. The summed E-state index contributed by atoms with van der Waals surface area (Å²) >= 11 is 0. The molecule has 0 atom stereocenters. The van der Waals surface area contributed by atoms with E-state index in [0.29, 0.717) is 41.3 Å². The Balaban J connectivity index is 1.70. The lowest BCUT2D eigenvalue weighted by molar-refractivity contribution is -0.117. The lowest BCUT2D eigenvalue weighted by Gasteiger charge is -2.20. The largest absolute Gasteiger partial charge is 0.495 e. The first-order chi connectivity index (χ1) is 14.4. The van der Waals surface area contributed by atoms with Crippen molar-refractivity contribution >= 4 is 34.9 Å². The van der Waals surface area contributed by atoms with Gasteiger partial charge in [0.2, 0.25) is 5.91 Å². The van der Waals surface area contributed by atoms with Crippen molar-refractivity contribution in [2.45, 2.75) is 32.7 Å². The zero-order valence-corrected chi connectivity index (χ0v) is 17.3. The van der Waals surface area contributed by atoms with Crippen molar-refractivity contribution in [3.8, 4) is 5.75 Å². The van der Waals surface area contributed by atoms with Crippen molar-refractivity contribution in [2.24, 2.45) is 0 Å². The fourth-order valence-corrected chi connectivity index (χ4v) is 3.22. The number of methoxy groups -OCH3 is 1. The Labute approximate surface area is 175 Å². The monoisotopic (exact) mass is 410 g/mol. The molecule has 1 aliphatic heterocycles. The summed E-state index contributed by atoms with van der Waals surface area (Å²) in [6, 6.07) is 11.5. The minimum absolute atomic E-state index is 0.0280. The molecule has 1 saturated heterocycles. The summed E-state index contributed by atoms with van der Waals surface area (Å²) < 4.78 is 5.37. The van der Waals surface area contributed by atoms with Gasteiger partial charge in [0.1, 0.15) is 5.75 Å². The van der Waals surface area contributed by atoms with Gasteiger partial charge in [0.15, 0.2) is 0 Å². The topological polar surface area (TPSA) is 99.8 Å². The number of rotatable bonds is 6. The molecule has 0 saturated carbocycles. The Morgan fingerprint density at radius 1 is 1.03 bits per heavy atom. The van der Waals surface area contributed by atoms with Gasteiger partial charge in [0.25, 0.3) is 5.91 Å². The number of hydrogen-bond donors (Lipinski definition) is 3. The summed E-state index contributed by atoms with van der Waals surface area (Å²) in [7, 11) is 1.55. The molecule has 0 bridgehead atoms. The van der Waals surface area contributed by atoms with Gasteiger partial charge in [-0.15, -0.1) is 0 Å². The zero-order chi connectivity index (χ0) is 21.7. The van der Waals surface area contributed by atoms with E-state index in [-0.39, 0.29) is 23.9 Å². The minimum atomic E-state index is -0.301. The molecule has 1 heterocycles. The molecule has 1 aliphatic rings. The molecule has 2 aromatic rings. The number of nitrogens with one attached hydrogen (secondary N) is 3. The Kier molecular flexibility index (Phi) is 6.56. The molecule has 0 aromatic heterocycles. The van der Waals surface area contributed by atoms with E-state index in [1.54, 1.807) is 54.5 Å². The van der Waals surface area contributed by atoms with Crippen LogP contribution in [0.4, 0.5) is 21.9 Å². The van der Waals surface area contributed by atoms with Crippen molar-refractivity contribution < 1.29 is 19.1 Å². The smallest absolute Gasteiger partial charge is 0.319 e. The van der Waals surface area contributed by atoms with Crippen LogP contribution in [0.1, 0.15) is 37.0 Å². The van der Waals surface area contributed by atoms with Crippen LogP contribution in [0.25, 0.3) is 0 Å². The maximum absolute atomic E-state index is 12.6. The lowest BCUT2D eigenvalue weighted by Crippen LogP contribution is -2.34. The normalized spacial score (nSPS) is 13.3. The molecule has 8 heteroatoms. The SMILES string of the molecule is COc1ccc(NC(=O)c2ccc(NC(=O)NC(C)C)cc2)cc1N1CCCC1=O. The Bertz CT molecular complexity index is 941. The summed E-state index contributed by atoms with van der Waals surface area (Å²) in [5, 5.41) is 8.29. The summed E-state index contributed by atoms with van der Waals surface area (Å²) in [6.45, 7) is 4.37. The fourth-order valence-electron chi connectivity index (χ4n) is 3.22. The molecule has 0 unspecified atom stereocenters. The van der Waals surface area contributed by atoms with E-state index in [1.165, 1.54) is 0 Å². The molecule has 1 fully saturated rings. The van der Waals surface area contributed by atoms with Crippen molar-refractivity contribution in [1.82, 2.24) is 5.32 Å². The van der Waals surface area contributed by atoms with E-state index < -0.39 is 0 Å². The molecule has 3 rings (SSSR count). The van der Waals surface area contributed by atoms with Gasteiger partial charge in [0, 0.05) is 35.9 Å². The predicted molar refractivity (Wildman–Crippen MR) is 116 cm³/mol. The summed E-state index contributed by atoms with van der Waals surface area (Å²) in [6.07, 6.45) is 1.31. The number of ether oxygens (including phenoxy) is 1. The second-order valence-electron chi connectivity index (χ2n) is 7.32. The number of carbonyl (C=O) groups is 3. The zero-order valence-electron chi connectivity index (χ0n) is 17.3. The highest BCUT2D eigenvalue weighted by Gasteiger charge is 2.25. The van der Waals surface area contributed by atoms with E-state index in [0.717, 1.165) is 6.42 Å². The highest BCUT2D eigenvalue weighted by Crippen LogP contribution is 2.34. The van der Waals surface area contributed by atoms with Gasteiger partial charge < -0.3 is 25.6 Å². The third-order valence-electron chi connectivity index (χ3n) is 4.63.